The van der Waals surface area contributed by atoms with Gasteiger partial charge in [-0.15, -0.1) is 0 Å². The van der Waals surface area contributed by atoms with E-state index in [-0.39, 0.29) is 46.1 Å². The second-order valence-corrected chi connectivity index (χ2v) is 9.53. The van der Waals surface area contributed by atoms with E-state index in [0.717, 1.165) is 16.8 Å². The lowest BCUT2D eigenvalue weighted by Gasteiger charge is -2.15. The molecule has 2 heterocycles. The number of hydrogen-bond donors (Lipinski definition) is 2. The number of Topliss-reactive ketones (excluding diaryl/α,β-unsaturated/α-hetero) is 1. The average Bonchev–Trinajstić information content (AvgIpc) is 3.09. The number of carboxylic acids is 1. The van der Waals surface area contributed by atoms with Crippen molar-refractivity contribution in [3.63, 3.8) is 0 Å². The molecular weight excluding hydrogens is 560 g/mol. The van der Waals surface area contributed by atoms with Crippen LogP contribution in [0, 0.1) is 0 Å². The molecular formula is C23H17F6N3O4S2. The van der Waals surface area contributed by atoms with Gasteiger partial charge in [0.1, 0.15) is 0 Å². The zero-order chi connectivity index (χ0) is 28.3. The van der Waals surface area contributed by atoms with Gasteiger partial charge in [0.2, 0.25) is 5.78 Å². The van der Waals surface area contributed by atoms with Crippen LogP contribution in [0.25, 0.3) is 17.3 Å². The van der Waals surface area contributed by atoms with E-state index in [9.17, 15) is 40.7 Å². The molecule has 1 aromatic carbocycles. The molecule has 38 heavy (non-hydrogen) atoms. The number of nitrogens with one attached hydrogen (secondary N) is 1. The number of carbonyl (C=O) groups excluding carboxylic acids is 2. The quantitative estimate of drug-likeness (QED) is 0.136. The maximum absolute atomic E-state index is 13.2. The van der Waals surface area contributed by atoms with Crippen molar-refractivity contribution in [2.24, 2.45) is 0 Å². The third kappa shape index (κ3) is 7.39. The summed E-state index contributed by atoms with van der Waals surface area (Å²) in [6, 6.07) is 5.19. The Morgan fingerprint density at radius 2 is 1.68 bits per heavy atom. The van der Waals surface area contributed by atoms with Gasteiger partial charge >= 0.3 is 18.3 Å². The Bertz CT molecular complexity index is 1280. The van der Waals surface area contributed by atoms with Gasteiger partial charge in [-0.05, 0) is 49.2 Å². The summed E-state index contributed by atoms with van der Waals surface area (Å²) in [5.74, 6) is -3.01. The Balaban J connectivity index is 1.77. The van der Waals surface area contributed by atoms with E-state index in [0.29, 0.717) is 18.6 Å². The molecule has 0 bridgehead atoms. The molecule has 1 saturated heterocycles. The Labute approximate surface area is 220 Å². The first kappa shape index (κ1) is 29.3. The predicted molar refractivity (Wildman–Crippen MR) is 129 cm³/mol. The predicted octanol–water partition coefficient (Wildman–Crippen LogP) is 5.32. The average molecular weight is 578 g/mol. The smallest absolute Gasteiger partial charge is 0.416 e. The van der Waals surface area contributed by atoms with Crippen molar-refractivity contribution in [3.8, 4) is 11.3 Å². The van der Waals surface area contributed by atoms with Crippen molar-refractivity contribution >= 4 is 52.0 Å². The van der Waals surface area contributed by atoms with Crippen LogP contribution in [0.1, 0.15) is 36.1 Å². The van der Waals surface area contributed by atoms with E-state index >= 15 is 0 Å². The van der Waals surface area contributed by atoms with Crippen molar-refractivity contribution in [1.82, 2.24) is 15.4 Å². The molecule has 1 aromatic heterocycles. The summed E-state index contributed by atoms with van der Waals surface area (Å²) >= 11 is 6.06. The molecule has 1 aliphatic heterocycles. The number of pyridine rings is 1. The lowest BCUT2D eigenvalue weighted by Crippen LogP contribution is -2.41. The number of rotatable bonds is 9. The number of hydrogen-bond acceptors (Lipinski definition) is 7. The first-order chi connectivity index (χ1) is 17.7. The van der Waals surface area contributed by atoms with Gasteiger partial charge in [0.05, 0.1) is 27.4 Å². The van der Waals surface area contributed by atoms with Crippen LogP contribution >= 0.6 is 24.0 Å². The van der Waals surface area contributed by atoms with E-state index in [2.05, 4.69) is 10.4 Å². The molecule has 15 heteroatoms. The number of aliphatic carboxylic acids is 1. The molecule has 1 amide bonds. The lowest BCUT2D eigenvalue weighted by molar-refractivity contribution is -0.149. The monoisotopic (exact) mass is 577 g/mol. The topological polar surface area (TPSA) is 99.6 Å². The summed E-state index contributed by atoms with van der Waals surface area (Å²) in [4.78, 5) is 38.6. The highest BCUT2D eigenvalue weighted by molar-refractivity contribution is 8.26. The van der Waals surface area contributed by atoms with E-state index in [1.165, 1.54) is 24.3 Å². The number of aromatic nitrogens is 1. The zero-order valence-corrected chi connectivity index (χ0v) is 20.7. The Hall–Kier alpha value is -3.30. The molecule has 0 unspecified atom stereocenters. The van der Waals surface area contributed by atoms with Crippen LogP contribution in [0.2, 0.25) is 0 Å². The highest BCUT2D eigenvalue weighted by Gasteiger charge is 2.37. The number of thioether (sulfide) groups is 1. The van der Waals surface area contributed by atoms with Crippen molar-refractivity contribution in [2.75, 3.05) is 6.54 Å². The number of ketones is 1. The van der Waals surface area contributed by atoms with Gasteiger partial charge in [0, 0.05) is 18.5 Å². The molecule has 0 spiro atoms. The molecule has 1 aliphatic rings. The number of carbonyl (C=O) groups is 3. The third-order valence-corrected chi connectivity index (χ3v) is 6.37. The Kier molecular flexibility index (Phi) is 8.94. The number of halogens is 6. The second kappa shape index (κ2) is 11.6. The fourth-order valence-electron chi connectivity index (χ4n) is 3.24. The van der Waals surface area contributed by atoms with Crippen LogP contribution in [0.3, 0.4) is 0 Å². The molecule has 7 nitrogen and oxygen atoms in total. The van der Waals surface area contributed by atoms with E-state index in [4.69, 9.17) is 17.3 Å². The Morgan fingerprint density at radius 3 is 2.26 bits per heavy atom. The summed E-state index contributed by atoms with van der Waals surface area (Å²) < 4.78 is 79.4. The molecule has 2 aromatic rings. The third-order valence-electron chi connectivity index (χ3n) is 5.07. The number of nitrogens with zero attached hydrogens (tertiary/aromatic N) is 2. The first-order valence-corrected chi connectivity index (χ1v) is 11.9. The van der Waals surface area contributed by atoms with Crippen LogP contribution in [-0.2, 0) is 26.7 Å². The fraction of sp³-hybridized carbons (Fsp3) is 0.261. The standard InChI is InChI=1S/C23H17F6N3O4S2/c24-22(25,26)13-8-12(9-14(10-13)23(27,28)29)16-5-3-4-15(31-16)11-18-19(34)32(21(37)38-18)30-7-2-1-6-17(33)20(35)36/h3-5,8-11,30H,1-2,6-7H2,(H,35,36)/b18-11-. The number of benzene rings is 1. The highest BCUT2D eigenvalue weighted by atomic mass is 32.2. The van der Waals surface area contributed by atoms with E-state index in [1.807, 2.05) is 0 Å². The molecule has 0 atom stereocenters. The normalized spacial score (nSPS) is 15.4. The number of hydrazine groups is 1. The summed E-state index contributed by atoms with van der Waals surface area (Å²) in [5, 5.41) is 9.63. The lowest BCUT2D eigenvalue weighted by atomic mass is 10.0. The van der Waals surface area contributed by atoms with Crippen LogP contribution in [0.15, 0.2) is 41.3 Å². The van der Waals surface area contributed by atoms with Crippen molar-refractivity contribution in [3.05, 3.63) is 58.1 Å². The maximum Gasteiger partial charge on any atom is 0.416 e. The number of amides is 1. The number of alkyl halides is 6. The van der Waals surface area contributed by atoms with Gasteiger partial charge in [-0.1, -0.05) is 30.0 Å². The van der Waals surface area contributed by atoms with Crippen LogP contribution in [-0.4, -0.2) is 43.6 Å². The summed E-state index contributed by atoms with van der Waals surface area (Å²) in [7, 11) is 0. The molecule has 0 saturated carbocycles. The molecule has 202 valence electrons. The zero-order valence-electron chi connectivity index (χ0n) is 19.0. The number of thiocarbonyl (C=S) groups is 1. The van der Waals surface area contributed by atoms with Crippen LogP contribution < -0.4 is 5.43 Å². The molecule has 0 radical (unpaired) electrons. The minimum absolute atomic E-state index is 0.0235. The van der Waals surface area contributed by atoms with Gasteiger partial charge in [0.15, 0.2) is 4.32 Å². The summed E-state index contributed by atoms with van der Waals surface area (Å²) in [6.07, 6.45) is -8.25. The number of carboxylic acid groups (broad SMARTS) is 1. The van der Waals surface area contributed by atoms with Crippen LogP contribution in [0.5, 0.6) is 0 Å². The molecule has 1 fully saturated rings. The maximum atomic E-state index is 13.2. The minimum Gasteiger partial charge on any atom is -0.476 e. The van der Waals surface area contributed by atoms with Gasteiger partial charge in [-0.3, -0.25) is 9.59 Å². The highest BCUT2D eigenvalue weighted by Crippen LogP contribution is 2.38. The molecule has 2 N–H and O–H groups in total. The summed E-state index contributed by atoms with van der Waals surface area (Å²) in [6.45, 7) is 0.206. The largest absolute Gasteiger partial charge is 0.476 e. The van der Waals surface area contributed by atoms with Crippen molar-refractivity contribution in [1.29, 1.82) is 0 Å². The number of unbranched alkanes of at least 4 members (excludes halogenated alkanes) is 1. The van der Waals surface area contributed by atoms with Gasteiger partial charge in [0.25, 0.3) is 5.91 Å². The van der Waals surface area contributed by atoms with Crippen molar-refractivity contribution < 1.29 is 45.8 Å². The summed E-state index contributed by atoms with van der Waals surface area (Å²) in [5.41, 5.74) is -0.663. The second-order valence-electron chi connectivity index (χ2n) is 7.85. The SMILES string of the molecule is O=C(O)C(=O)CCCCNN1C(=O)/C(=C/c2cccc(-c3cc(C(F)(F)F)cc(C(F)(F)F)c3)n2)SC1=S. The first-order valence-electron chi connectivity index (χ1n) is 10.7. The van der Waals surface area contributed by atoms with Crippen molar-refractivity contribution in [2.45, 2.75) is 31.6 Å². The van der Waals surface area contributed by atoms with E-state index < -0.39 is 46.7 Å². The molecule has 3 rings (SSSR count). The molecule has 0 aliphatic carbocycles. The Morgan fingerprint density at radius 1 is 1.05 bits per heavy atom. The van der Waals surface area contributed by atoms with E-state index in [1.54, 1.807) is 0 Å². The minimum atomic E-state index is -5.01. The van der Waals surface area contributed by atoms with Gasteiger partial charge < -0.3 is 5.11 Å². The van der Waals surface area contributed by atoms with Gasteiger partial charge in [-0.25, -0.2) is 20.2 Å². The fourth-order valence-corrected chi connectivity index (χ4v) is 4.44. The van der Waals surface area contributed by atoms with Gasteiger partial charge in [-0.2, -0.15) is 26.3 Å². The van der Waals surface area contributed by atoms with Crippen LogP contribution in [0.4, 0.5) is 26.3 Å².